The molecule has 2 heteroatoms. The fourth-order valence-corrected chi connectivity index (χ4v) is 1.52. The minimum Gasteiger partial charge on any atom is -0.356 e. The topological polar surface area (TPSA) is 29.1 Å². The molecule has 0 aromatic rings. The minimum absolute atomic E-state index is 0.259. The summed E-state index contributed by atoms with van der Waals surface area (Å²) < 4.78 is 0. The number of hydrogen-bond donors (Lipinski definition) is 1. The van der Waals surface area contributed by atoms with Gasteiger partial charge in [0.1, 0.15) is 0 Å². The normalized spacial score (nSPS) is 32.4. The zero-order chi connectivity index (χ0) is 7.56. The number of carbonyl (C=O) groups excluding carboxylic acids is 1. The molecule has 1 rings (SSSR count). The standard InChI is InChI=1S/C8H15NO/c1-3-4-7-6(2)5-9-8(7)10/h6-7H,3-5H2,1-2H3,(H,9,10)/t6-,7+/m1/s1. The summed E-state index contributed by atoms with van der Waals surface area (Å²) in [5.41, 5.74) is 0. The van der Waals surface area contributed by atoms with Gasteiger partial charge in [0, 0.05) is 12.5 Å². The van der Waals surface area contributed by atoms with Gasteiger partial charge in [-0.1, -0.05) is 20.3 Å². The molecule has 0 saturated carbocycles. The Morgan fingerprint density at radius 1 is 1.70 bits per heavy atom. The summed E-state index contributed by atoms with van der Waals surface area (Å²) in [5.74, 6) is 1.10. The van der Waals surface area contributed by atoms with Crippen LogP contribution in [0.25, 0.3) is 0 Å². The van der Waals surface area contributed by atoms with Crippen LogP contribution < -0.4 is 5.32 Å². The average molecular weight is 141 g/mol. The molecule has 1 N–H and O–H groups in total. The molecule has 0 aromatic heterocycles. The van der Waals surface area contributed by atoms with Gasteiger partial charge in [0.2, 0.25) is 5.91 Å². The lowest BCUT2D eigenvalue weighted by atomic mass is 9.93. The molecule has 2 atom stereocenters. The molecule has 0 bridgehead atoms. The summed E-state index contributed by atoms with van der Waals surface area (Å²) in [5, 5.41) is 2.87. The predicted octanol–water partition coefficient (Wildman–Crippen LogP) is 1.17. The second-order valence-corrected chi connectivity index (χ2v) is 3.12. The van der Waals surface area contributed by atoms with Crippen LogP contribution in [-0.4, -0.2) is 12.5 Å². The van der Waals surface area contributed by atoms with Gasteiger partial charge < -0.3 is 5.32 Å². The van der Waals surface area contributed by atoms with Gasteiger partial charge in [-0.05, 0) is 12.3 Å². The van der Waals surface area contributed by atoms with Gasteiger partial charge in [-0.25, -0.2) is 0 Å². The largest absolute Gasteiger partial charge is 0.356 e. The molecule has 0 unspecified atom stereocenters. The van der Waals surface area contributed by atoms with Gasteiger partial charge >= 0.3 is 0 Å². The van der Waals surface area contributed by atoms with E-state index in [0.717, 1.165) is 19.4 Å². The lowest BCUT2D eigenvalue weighted by Crippen LogP contribution is -2.19. The van der Waals surface area contributed by atoms with E-state index in [4.69, 9.17) is 0 Å². The van der Waals surface area contributed by atoms with E-state index >= 15 is 0 Å². The third-order valence-electron chi connectivity index (χ3n) is 2.22. The van der Waals surface area contributed by atoms with Crippen molar-refractivity contribution in [3.05, 3.63) is 0 Å². The van der Waals surface area contributed by atoms with Gasteiger partial charge in [-0.3, -0.25) is 4.79 Å². The van der Waals surface area contributed by atoms with Crippen molar-refractivity contribution in [3.63, 3.8) is 0 Å². The van der Waals surface area contributed by atoms with Crippen molar-refractivity contribution >= 4 is 5.91 Å². The SMILES string of the molecule is CCC[C@@H]1C(=O)NC[C@H]1C. The highest BCUT2D eigenvalue weighted by atomic mass is 16.2. The summed E-state index contributed by atoms with van der Waals surface area (Å²) in [7, 11) is 0. The number of hydrogen-bond acceptors (Lipinski definition) is 1. The Hall–Kier alpha value is -0.530. The molecule has 0 radical (unpaired) electrons. The first-order valence-electron chi connectivity index (χ1n) is 4.03. The maximum absolute atomic E-state index is 11.1. The van der Waals surface area contributed by atoms with Crippen LogP contribution in [0.4, 0.5) is 0 Å². The zero-order valence-corrected chi connectivity index (χ0v) is 6.68. The van der Waals surface area contributed by atoms with Crippen LogP contribution in [0.5, 0.6) is 0 Å². The van der Waals surface area contributed by atoms with Gasteiger partial charge in [-0.2, -0.15) is 0 Å². The van der Waals surface area contributed by atoms with Crippen molar-refractivity contribution in [2.45, 2.75) is 26.7 Å². The van der Waals surface area contributed by atoms with Crippen molar-refractivity contribution in [1.29, 1.82) is 0 Å². The Kier molecular flexibility index (Phi) is 2.30. The molecule has 2 nitrogen and oxygen atoms in total. The smallest absolute Gasteiger partial charge is 0.223 e. The lowest BCUT2D eigenvalue weighted by molar-refractivity contribution is -0.123. The van der Waals surface area contributed by atoms with E-state index in [1.54, 1.807) is 0 Å². The molecule has 1 aliphatic heterocycles. The highest BCUT2D eigenvalue weighted by molar-refractivity contribution is 5.80. The molecule has 0 aliphatic carbocycles. The maximum Gasteiger partial charge on any atom is 0.223 e. The quantitative estimate of drug-likeness (QED) is 0.614. The predicted molar refractivity (Wildman–Crippen MR) is 40.6 cm³/mol. The summed E-state index contributed by atoms with van der Waals surface area (Å²) in [4.78, 5) is 11.1. The van der Waals surface area contributed by atoms with Crippen LogP contribution in [0.1, 0.15) is 26.7 Å². The zero-order valence-electron chi connectivity index (χ0n) is 6.68. The van der Waals surface area contributed by atoms with Crippen LogP contribution >= 0.6 is 0 Å². The molecule has 1 heterocycles. The number of amides is 1. The molecule has 0 spiro atoms. The van der Waals surface area contributed by atoms with Crippen molar-refractivity contribution in [2.24, 2.45) is 11.8 Å². The number of carbonyl (C=O) groups is 1. The monoisotopic (exact) mass is 141 g/mol. The van der Waals surface area contributed by atoms with Crippen molar-refractivity contribution in [3.8, 4) is 0 Å². The Bertz CT molecular complexity index is 133. The molecule has 1 saturated heterocycles. The number of nitrogens with one attached hydrogen (secondary N) is 1. The molecule has 1 fully saturated rings. The average Bonchev–Trinajstić information content (AvgIpc) is 2.20. The first-order chi connectivity index (χ1) is 4.75. The second-order valence-electron chi connectivity index (χ2n) is 3.12. The molecular formula is C8H15NO. The minimum atomic E-state index is 0.259. The molecule has 1 aliphatic rings. The fourth-order valence-electron chi connectivity index (χ4n) is 1.52. The summed E-state index contributed by atoms with van der Waals surface area (Å²) in [6.45, 7) is 5.14. The van der Waals surface area contributed by atoms with E-state index in [2.05, 4.69) is 19.2 Å². The van der Waals surface area contributed by atoms with E-state index in [9.17, 15) is 4.79 Å². The van der Waals surface area contributed by atoms with Gasteiger partial charge in [0.05, 0.1) is 0 Å². The third-order valence-corrected chi connectivity index (χ3v) is 2.22. The van der Waals surface area contributed by atoms with E-state index in [0.29, 0.717) is 11.8 Å². The van der Waals surface area contributed by atoms with E-state index in [-0.39, 0.29) is 5.91 Å². The van der Waals surface area contributed by atoms with Crippen LogP contribution in [0.15, 0.2) is 0 Å². The summed E-state index contributed by atoms with van der Waals surface area (Å²) in [6, 6.07) is 0. The Morgan fingerprint density at radius 3 is 2.80 bits per heavy atom. The Labute approximate surface area is 62.0 Å². The highest BCUT2D eigenvalue weighted by Crippen LogP contribution is 2.21. The van der Waals surface area contributed by atoms with E-state index in [1.165, 1.54) is 0 Å². The summed E-state index contributed by atoms with van der Waals surface area (Å²) >= 11 is 0. The molecule has 0 aromatic carbocycles. The first kappa shape index (κ1) is 7.58. The van der Waals surface area contributed by atoms with Gasteiger partial charge in [0.15, 0.2) is 0 Å². The van der Waals surface area contributed by atoms with E-state index in [1.807, 2.05) is 0 Å². The number of rotatable bonds is 2. The lowest BCUT2D eigenvalue weighted by Gasteiger charge is -2.08. The molecule has 10 heavy (non-hydrogen) atoms. The van der Waals surface area contributed by atoms with Crippen LogP contribution in [-0.2, 0) is 4.79 Å². The Balaban J connectivity index is 2.46. The van der Waals surface area contributed by atoms with Crippen LogP contribution in [0.2, 0.25) is 0 Å². The fraction of sp³-hybridized carbons (Fsp3) is 0.875. The molecule has 1 amide bonds. The Morgan fingerprint density at radius 2 is 2.40 bits per heavy atom. The van der Waals surface area contributed by atoms with Crippen molar-refractivity contribution < 1.29 is 4.79 Å². The first-order valence-corrected chi connectivity index (χ1v) is 4.03. The molecule has 58 valence electrons. The highest BCUT2D eigenvalue weighted by Gasteiger charge is 2.29. The van der Waals surface area contributed by atoms with E-state index < -0.39 is 0 Å². The van der Waals surface area contributed by atoms with Crippen molar-refractivity contribution in [1.82, 2.24) is 5.32 Å². The van der Waals surface area contributed by atoms with Gasteiger partial charge in [0.25, 0.3) is 0 Å². The van der Waals surface area contributed by atoms with Crippen LogP contribution in [0, 0.1) is 11.8 Å². The maximum atomic E-state index is 11.1. The van der Waals surface area contributed by atoms with Crippen molar-refractivity contribution in [2.75, 3.05) is 6.54 Å². The van der Waals surface area contributed by atoms with Crippen LogP contribution in [0.3, 0.4) is 0 Å². The van der Waals surface area contributed by atoms with Gasteiger partial charge in [-0.15, -0.1) is 0 Å². The second kappa shape index (κ2) is 3.04. The molecular weight excluding hydrogens is 126 g/mol. The summed E-state index contributed by atoms with van der Waals surface area (Å²) in [6.07, 6.45) is 2.16. The third kappa shape index (κ3) is 1.31.